The summed E-state index contributed by atoms with van der Waals surface area (Å²) < 4.78 is 23.1. The molecule has 0 unspecified atom stereocenters. The van der Waals surface area contributed by atoms with E-state index in [1.54, 1.807) is 13.8 Å². The number of hydrogen-bond donors (Lipinski definition) is 1. The predicted molar refractivity (Wildman–Crippen MR) is 53.0 cm³/mol. The van der Waals surface area contributed by atoms with Gasteiger partial charge in [0.2, 0.25) is 0 Å². The maximum absolute atomic E-state index is 11.5. The minimum atomic E-state index is -3.27. The molecule has 0 radical (unpaired) electrons. The van der Waals surface area contributed by atoms with Crippen molar-refractivity contribution in [3.8, 4) is 5.75 Å². The van der Waals surface area contributed by atoms with E-state index in [0.29, 0.717) is 12.1 Å². The largest absolute Gasteiger partial charge is 0.506 e. The van der Waals surface area contributed by atoms with Crippen LogP contribution < -0.4 is 0 Å². The number of nitrogens with zero attached hydrogens (tertiary/aromatic N) is 1. The predicted octanol–water partition coefficient (Wildman–Crippen LogP) is 1.28. The van der Waals surface area contributed by atoms with Gasteiger partial charge >= 0.3 is 0 Å². The number of aryl methyl sites for hydroxylation is 1. The van der Waals surface area contributed by atoms with Gasteiger partial charge in [0.1, 0.15) is 5.75 Å². The number of aromatic nitrogens is 1. The molecule has 0 spiro atoms. The van der Waals surface area contributed by atoms with Crippen LogP contribution in [0, 0.1) is 6.92 Å². The zero-order chi connectivity index (χ0) is 10.8. The fourth-order valence-electron chi connectivity index (χ4n) is 1.06. The standard InChI is InChI=1S/C9H13NO3S/c1-3-4-14(12,13)8-5-9(11)7(2)10-6-8/h5-6,11H,3-4H2,1-2H3. The van der Waals surface area contributed by atoms with Crippen LogP contribution in [0.4, 0.5) is 0 Å². The fraction of sp³-hybridized carbons (Fsp3) is 0.444. The first-order valence-corrected chi connectivity index (χ1v) is 6.01. The molecule has 5 heteroatoms. The highest BCUT2D eigenvalue weighted by atomic mass is 32.2. The van der Waals surface area contributed by atoms with E-state index >= 15 is 0 Å². The van der Waals surface area contributed by atoms with Gasteiger partial charge in [0.25, 0.3) is 0 Å². The normalized spacial score (nSPS) is 11.6. The van der Waals surface area contributed by atoms with Gasteiger partial charge in [-0.05, 0) is 13.3 Å². The molecular formula is C9H13NO3S. The summed E-state index contributed by atoms with van der Waals surface area (Å²) in [6.45, 7) is 3.41. The van der Waals surface area contributed by atoms with E-state index in [9.17, 15) is 13.5 Å². The maximum atomic E-state index is 11.5. The number of hydrogen-bond acceptors (Lipinski definition) is 4. The zero-order valence-electron chi connectivity index (χ0n) is 8.19. The first-order chi connectivity index (χ1) is 6.47. The van der Waals surface area contributed by atoms with Gasteiger partial charge in [0.15, 0.2) is 9.84 Å². The summed E-state index contributed by atoms with van der Waals surface area (Å²) in [5.74, 6) is -0.000780. The van der Waals surface area contributed by atoms with Crippen LogP contribution in [0.25, 0.3) is 0 Å². The third-order valence-corrected chi connectivity index (χ3v) is 3.75. The Morgan fingerprint density at radius 2 is 2.14 bits per heavy atom. The summed E-state index contributed by atoms with van der Waals surface area (Å²) in [4.78, 5) is 3.88. The van der Waals surface area contributed by atoms with Gasteiger partial charge < -0.3 is 5.11 Å². The van der Waals surface area contributed by atoms with E-state index in [-0.39, 0.29) is 16.4 Å². The van der Waals surface area contributed by atoms with E-state index in [2.05, 4.69) is 4.98 Å². The second-order valence-electron chi connectivity index (χ2n) is 3.09. The van der Waals surface area contributed by atoms with Crippen LogP contribution in [-0.4, -0.2) is 24.3 Å². The molecule has 0 atom stereocenters. The van der Waals surface area contributed by atoms with E-state index in [0.717, 1.165) is 0 Å². The highest BCUT2D eigenvalue weighted by molar-refractivity contribution is 7.91. The second-order valence-corrected chi connectivity index (χ2v) is 5.20. The lowest BCUT2D eigenvalue weighted by atomic mass is 10.3. The van der Waals surface area contributed by atoms with Crippen molar-refractivity contribution < 1.29 is 13.5 Å². The molecule has 0 fully saturated rings. The zero-order valence-corrected chi connectivity index (χ0v) is 9.00. The molecule has 0 aliphatic carbocycles. The average molecular weight is 215 g/mol. The van der Waals surface area contributed by atoms with Crippen molar-refractivity contribution in [2.24, 2.45) is 0 Å². The SMILES string of the molecule is CCCS(=O)(=O)c1cnc(C)c(O)c1. The number of pyridine rings is 1. The van der Waals surface area contributed by atoms with Gasteiger partial charge in [0.05, 0.1) is 16.3 Å². The van der Waals surface area contributed by atoms with Crippen molar-refractivity contribution in [3.05, 3.63) is 18.0 Å². The van der Waals surface area contributed by atoms with Crippen molar-refractivity contribution in [2.75, 3.05) is 5.75 Å². The summed E-state index contributed by atoms with van der Waals surface area (Å²) >= 11 is 0. The van der Waals surface area contributed by atoms with E-state index in [4.69, 9.17) is 0 Å². The van der Waals surface area contributed by atoms with Gasteiger partial charge in [-0.2, -0.15) is 0 Å². The van der Waals surface area contributed by atoms with Gasteiger partial charge in [-0.15, -0.1) is 0 Å². The lowest BCUT2D eigenvalue weighted by Crippen LogP contribution is -2.06. The molecule has 0 aliphatic heterocycles. The molecule has 0 amide bonds. The molecule has 0 saturated carbocycles. The van der Waals surface area contributed by atoms with Crippen LogP contribution in [0.15, 0.2) is 17.2 Å². The number of rotatable bonds is 3. The average Bonchev–Trinajstić information content (AvgIpc) is 2.09. The van der Waals surface area contributed by atoms with E-state index < -0.39 is 9.84 Å². The minimum Gasteiger partial charge on any atom is -0.506 e. The molecule has 0 bridgehead atoms. The molecule has 0 aromatic carbocycles. The van der Waals surface area contributed by atoms with E-state index in [1.165, 1.54) is 12.3 Å². The molecule has 1 heterocycles. The van der Waals surface area contributed by atoms with Crippen LogP contribution in [0.5, 0.6) is 5.75 Å². The monoisotopic (exact) mass is 215 g/mol. The summed E-state index contributed by atoms with van der Waals surface area (Å²) in [6, 6.07) is 1.24. The Hall–Kier alpha value is -1.10. The molecule has 78 valence electrons. The first kappa shape index (κ1) is 11.0. The van der Waals surface area contributed by atoms with Gasteiger partial charge in [-0.1, -0.05) is 6.92 Å². The summed E-state index contributed by atoms with van der Waals surface area (Å²) in [5.41, 5.74) is 0.431. The summed E-state index contributed by atoms with van der Waals surface area (Å²) in [6.07, 6.45) is 1.83. The quantitative estimate of drug-likeness (QED) is 0.824. The molecule has 4 nitrogen and oxygen atoms in total. The minimum absolute atomic E-state index is 0.0805. The van der Waals surface area contributed by atoms with E-state index in [1.807, 2.05) is 0 Å². The molecule has 14 heavy (non-hydrogen) atoms. The summed E-state index contributed by atoms with van der Waals surface area (Å²) in [5, 5.41) is 9.30. The Balaban J connectivity index is 3.15. The smallest absolute Gasteiger partial charge is 0.180 e. The lowest BCUT2D eigenvalue weighted by Gasteiger charge is -2.03. The van der Waals surface area contributed by atoms with Crippen molar-refractivity contribution >= 4 is 9.84 Å². The molecule has 0 saturated heterocycles. The third-order valence-electron chi connectivity index (χ3n) is 1.87. The Labute approximate surface area is 83.5 Å². The molecule has 1 N–H and O–H groups in total. The first-order valence-electron chi connectivity index (χ1n) is 4.35. The molecular weight excluding hydrogens is 202 g/mol. The van der Waals surface area contributed by atoms with Crippen LogP contribution in [0.3, 0.4) is 0 Å². The van der Waals surface area contributed by atoms with Gasteiger partial charge in [-0.25, -0.2) is 8.42 Å². The fourth-order valence-corrected chi connectivity index (χ4v) is 2.34. The molecule has 1 aromatic rings. The Kier molecular flexibility index (Phi) is 3.10. The Morgan fingerprint density at radius 3 is 2.64 bits per heavy atom. The van der Waals surface area contributed by atoms with Crippen LogP contribution in [-0.2, 0) is 9.84 Å². The highest BCUT2D eigenvalue weighted by Gasteiger charge is 2.14. The lowest BCUT2D eigenvalue weighted by molar-refractivity contribution is 0.465. The third kappa shape index (κ3) is 2.23. The second kappa shape index (κ2) is 3.96. The van der Waals surface area contributed by atoms with Crippen LogP contribution in [0.1, 0.15) is 19.0 Å². The summed E-state index contributed by atoms with van der Waals surface area (Å²) in [7, 11) is -3.27. The molecule has 1 rings (SSSR count). The maximum Gasteiger partial charge on any atom is 0.180 e. The van der Waals surface area contributed by atoms with Crippen molar-refractivity contribution in [1.29, 1.82) is 0 Å². The molecule has 0 aliphatic rings. The topological polar surface area (TPSA) is 67.3 Å². The van der Waals surface area contributed by atoms with Gasteiger partial charge in [-0.3, -0.25) is 4.98 Å². The number of aromatic hydroxyl groups is 1. The van der Waals surface area contributed by atoms with Gasteiger partial charge in [0, 0.05) is 12.3 Å². The Morgan fingerprint density at radius 1 is 1.50 bits per heavy atom. The van der Waals surface area contributed by atoms with Crippen LogP contribution >= 0.6 is 0 Å². The van der Waals surface area contributed by atoms with Crippen molar-refractivity contribution in [3.63, 3.8) is 0 Å². The Bertz CT molecular complexity index is 426. The number of sulfone groups is 1. The van der Waals surface area contributed by atoms with Crippen molar-refractivity contribution in [1.82, 2.24) is 4.98 Å². The highest BCUT2D eigenvalue weighted by Crippen LogP contribution is 2.19. The molecule has 1 aromatic heterocycles. The van der Waals surface area contributed by atoms with Crippen molar-refractivity contribution in [2.45, 2.75) is 25.2 Å². The van der Waals surface area contributed by atoms with Crippen LogP contribution in [0.2, 0.25) is 0 Å².